The van der Waals surface area contributed by atoms with Gasteiger partial charge in [0.25, 0.3) is 0 Å². The summed E-state index contributed by atoms with van der Waals surface area (Å²) in [5, 5.41) is 4.27. The van der Waals surface area contributed by atoms with Crippen LogP contribution in [-0.4, -0.2) is 29.2 Å². The molecule has 1 amide bonds. The zero-order valence-electron chi connectivity index (χ0n) is 15.4. The summed E-state index contributed by atoms with van der Waals surface area (Å²) < 4.78 is 13.2. The van der Waals surface area contributed by atoms with Gasteiger partial charge in [-0.1, -0.05) is 41.6 Å². The summed E-state index contributed by atoms with van der Waals surface area (Å²) in [6.07, 6.45) is 2.44. The van der Waals surface area contributed by atoms with Gasteiger partial charge in [-0.2, -0.15) is 0 Å². The Labute approximate surface area is 158 Å². The number of rotatable bonds is 6. The van der Waals surface area contributed by atoms with Gasteiger partial charge in [-0.3, -0.25) is 4.79 Å². The third kappa shape index (κ3) is 4.18. The minimum absolute atomic E-state index is 0.128. The largest absolute Gasteiger partial charge is 0.390 e. The predicted molar refractivity (Wildman–Crippen MR) is 102 cm³/mol. The highest BCUT2D eigenvalue weighted by atomic mass is 19.1. The monoisotopic (exact) mass is 366 g/mol. The van der Waals surface area contributed by atoms with E-state index in [9.17, 15) is 9.18 Å². The minimum Gasteiger partial charge on any atom is -0.390 e. The highest BCUT2D eigenvalue weighted by Gasteiger charge is 2.35. The van der Waals surface area contributed by atoms with E-state index in [4.69, 9.17) is 4.84 Å². The van der Waals surface area contributed by atoms with E-state index in [2.05, 4.69) is 18.1 Å². The fourth-order valence-electron chi connectivity index (χ4n) is 3.46. The average molecular weight is 366 g/mol. The van der Waals surface area contributed by atoms with E-state index >= 15 is 0 Å². The van der Waals surface area contributed by atoms with Crippen LogP contribution in [0.25, 0.3) is 0 Å². The van der Waals surface area contributed by atoms with Crippen LogP contribution in [0.4, 0.5) is 4.39 Å². The normalized spacial score (nSPS) is 18.7. The first-order valence-corrected chi connectivity index (χ1v) is 9.42. The maximum absolute atomic E-state index is 13.2. The van der Waals surface area contributed by atoms with E-state index in [0.717, 1.165) is 35.2 Å². The van der Waals surface area contributed by atoms with E-state index in [1.807, 2.05) is 23.1 Å². The van der Waals surface area contributed by atoms with Crippen molar-refractivity contribution in [3.8, 4) is 0 Å². The van der Waals surface area contributed by atoms with Crippen LogP contribution in [0.1, 0.15) is 36.0 Å². The number of hydrogen-bond acceptors (Lipinski definition) is 3. The average Bonchev–Trinajstić information content (AvgIpc) is 3.42. The molecule has 1 heterocycles. The van der Waals surface area contributed by atoms with Crippen molar-refractivity contribution in [1.29, 1.82) is 0 Å². The molecule has 0 saturated heterocycles. The zero-order valence-corrected chi connectivity index (χ0v) is 15.4. The van der Waals surface area contributed by atoms with Gasteiger partial charge in [0.1, 0.15) is 5.82 Å². The van der Waals surface area contributed by atoms with Gasteiger partial charge in [0.15, 0.2) is 6.10 Å². The summed E-state index contributed by atoms with van der Waals surface area (Å²) in [6, 6.07) is 14.4. The zero-order chi connectivity index (χ0) is 18.8. The maximum atomic E-state index is 13.2. The second-order valence-corrected chi connectivity index (χ2v) is 7.40. The van der Waals surface area contributed by atoms with Crippen LogP contribution in [-0.2, 0) is 16.2 Å². The van der Waals surface area contributed by atoms with Gasteiger partial charge in [0.05, 0.1) is 12.3 Å². The molecule has 140 valence electrons. The van der Waals surface area contributed by atoms with E-state index in [0.29, 0.717) is 19.5 Å². The van der Waals surface area contributed by atoms with Gasteiger partial charge in [-0.25, -0.2) is 4.39 Å². The number of carbonyl (C=O) groups is 1. The Bertz CT molecular complexity index is 859. The van der Waals surface area contributed by atoms with E-state index in [1.54, 1.807) is 12.1 Å². The fraction of sp³-hybridized carbons (Fsp3) is 0.364. The van der Waals surface area contributed by atoms with Crippen molar-refractivity contribution >= 4 is 11.6 Å². The Kier molecular flexibility index (Phi) is 4.92. The van der Waals surface area contributed by atoms with Gasteiger partial charge in [0.2, 0.25) is 5.91 Å². The van der Waals surface area contributed by atoms with Crippen LogP contribution in [0.15, 0.2) is 53.7 Å². The molecule has 2 aromatic carbocycles. The number of aryl methyl sites for hydroxylation is 1. The molecule has 4 rings (SSSR count). The van der Waals surface area contributed by atoms with Crippen molar-refractivity contribution in [3.05, 3.63) is 71.0 Å². The van der Waals surface area contributed by atoms with E-state index < -0.39 is 0 Å². The van der Waals surface area contributed by atoms with Crippen molar-refractivity contribution in [1.82, 2.24) is 4.90 Å². The molecule has 1 aliphatic carbocycles. The molecule has 0 aromatic heterocycles. The molecule has 0 bridgehead atoms. The summed E-state index contributed by atoms with van der Waals surface area (Å²) >= 11 is 0. The third-order valence-corrected chi connectivity index (χ3v) is 5.14. The number of hydrogen-bond donors (Lipinski definition) is 0. The van der Waals surface area contributed by atoms with Crippen molar-refractivity contribution < 1.29 is 14.0 Å². The quantitative estimate of drug-likeness (QED) is 0.773. The first-order chi connectivity index (χ1) is 13.1. The number of halogens is 1. The molecule has 0 N–H and O–H groups in total. The molecule has 2 aromatic rings. The number of amides is 1. The third-order valence-electron chi connectivity index (χ3n) is 5.14. The Morgan fingerprint density at radius 3 is 2.63 bits per heavy atom. The maximum Gasteiger partial charge on any atom is 0.226 e. The smallest absolute Gasteiger partial charge is 0.226 e. The lowest BCUT2D eigenvalue weighted by atomic mass is 10.00. The highest BCUT2D eigenvalue weighted by Crippen LogP contribution is 2.32. The van der Waals surface area contributed by atoms with E-state index in [1.165, 1.54) is 12.1 Å². The first kappa shape index (κ1) is 17.7. The molecule has 1 atom stereocenters. The van der Waals surface area contributed by atoms with Crippen LogP contribution in [0, 0.1) is 18.7 Å². The second-order valence-electron chi connectivity index (χ2n) is 7.40. The summed E-state index contributed by atoms with van der Waals surface area (Å²) in [5.74, 6) is 0.0186. The predicted octanol–water partition coefficient (Wildman–Crippen LogP) is 4.07. The van der Waals surface area contributed by atoms with Crippen molar-refractivity contribution in [2.75, 3.05) is 6.54 Å². The molecule has 4 nitrogen and oxygen atoms in total. The minimum atomic E-state index is -0.269. The number of carbonyl (C=O) groups excluding carboxylic acids is 1. The van der Waals surface area contributed by atoms with Crippen LogP contribution in [0.2, 0.25) is 0 Å². The number of benzene rings is 2. The first-order valence-electron chi connectivity index (χ1n) is 9.42. The topological polar surface area (TPSA) is 41.9 Å². The Morgan fingerprint density at radius 2 is 1.93 bits per heavy atom. The molecule has 5 heteroatoms. The van der Waals surface area contributed by atoms with E-state index in [-0.39, 0.29) is 23.7 Å². The van der Waals surface area contributed by atoms with Gasteiger partial charge in [-0.05, 0) is 43.0 Å². The Hall–Kier alpha value is -2.69. The van der Waals surface area contributed by atoms with Gasteiger partial charge in [-0.15, -0.1) is 0 Å². The summed E-state index contributed by atoms with van der Waals surface area (Å²) in [5.41, 5.74) is 4.11. The SMILES string of the molecule is Cc1ccccc1C1=NO[C@@H](CN(Cc2ccc(F)cc2)C(=O)C2CC2)C1. The number of nitrogens with zero attached hydrogens (tertiary/aromatic N) is 2. The Morgan fingerprint density at radius 1 is 1.19 bits per heavy atom. The molecular formula is C22H23FN2O2. The van der Waals surface area contributed by atoms with Crippen LogP contribution >= 0.6 is 0 Å². The van der Waals surface area contributed by atoms with Crippen molar-refractivity contribution in [3.63, 3.8) is 0 Å². The molecule has 1 aliphatic heterocycles. The fourth-order valence-corrected chi connectivity index (χ4v) is 3.46. The molecule has 2 aliphatic rings. The lowest BCUT2D eigenvalue weighted by molar-refractivity contribution is -0.135. The molecule has 27 heavy (non-hydrogen) atoms. The van der Waals surface area contributed by atoms with Crippen molar-refractivity contribution in [2.24, 2.45) is 11.1 Å². The summed E-state index contributed by atoms with van der Waals surface area (Å²) in [7, 11) is 0. The summed E-state index contributed by atoms with van der Waals surface area (Å²) in [6.45, 7) is 3.02. The summed E-state index contributed by atoms with van der Waals surface area (Å²) in [4.78, 5) is 20.2. The van der Waals surface area contributed by atoms with Crippen LogP contribution in [0.5, 0.6) is 0 Å². The van der Waals surface area contributed by atoms with Crippen LogP contribution in [0.3, 0.4) is 0 Å². The molecule has 1 fully saturated rings. The van der Waals surface area contributed by atoms with Crippen LogP contribution < -0.4 is 0 Å². The Balaban J connectivity index is 1.44. The van der Waals surface area contributed by atoms with Crippen molar-refractivity contribution in [2.45, 2.75) is 38.8 Å². The second kappa shape index (κ2) is 7.51. The molecule has 0 radical (unpaired) electrons. The van der Waals surface area contributed by atoms with Gasteiger partial charge >= 0.3 is 0 Å². The number of oxime groups is 1. The lowest BCUT2D eigenvalue weighted by Gasteiger charge is -2.25. The molecule has 1 saturated carbocycles. The van der Waals surface area contributed by atoms with Gasteiger partial charge < -0.3 is 9.74 Å². The lowest BCUT2D eigenvalue weighted by Crippen LogP contribution is -2.38. The molecule has 0 spiro atoms. The standard InChI is InChI=1S/C22H23FN2O2/c1-15-4-2-3-5-20(15)21-12-19(27-24-21)14-25(22(26)17-8-9-17)13-16-6-10-18(23)11-7-16/h2-7,10-11,17,19H,8-9,12-14H2,1H3/t19-/m1/s1. The molecule has 0 unspecified atom stereocenters. The highest BCUT2D eigenvalue weighted by molar-refractivity contribution is 6.02. The molecular weight excluding hydrogens is 343 g/mol. The van der Waals surface area contributed by atoms with Gasteiger partial charge in [0, 0.05) is 24.4 Å².